The molecule has 2 fully saturated rings. The van der Waals surface area contributed by atoms with Gasteiger partial charge in [0.2, 0.25) is 0 Å². The first-order chi connectivity index (χ1) is 11.5. The molecule has 0 radical (unpaired) electrons. The minimum Gasteiger partial charge on any atom is -0.464 e. The van der Waals surface area contributed by atoms with Gasteiger partial charge in [-0.05, 0) is 39.5 Å². The predicted molar refractivity (Wildman–Crippen MR) is 95.3 cm³/mol. The maximum Gasteiger partial charge on any atom is 0.353 e. The van der Waals surface area contributed by atoms with Gasteiger partial charge in [0.15, 0.2) is 0 Å². The van der Waals surface area contributed by atoms with Crippen molar-refractivity contribution < 1.29 is 9.53 Å². The van der Waals surface area contributed by atoms with Crippen LogP contribution in [-0.4, -0.2) is 60.6 Å². The molecule has 0 unspecified atom stereocenters. The second kappa shape index (κ2) is 7.18. The smallest absolute Gasteiger partial charge is 0.353 e. The Balaban J connectivity index is 1.62. The molecule has 24 heavy (non-hydrogen) atoms. The van der Waals surface area contributed by atoms with Crippen molar-refractivity contribution in [1.29, 1.82) is 0 Å². The molecule has 0 aromatic carbocycles. The Morgan fingerprint density at radius 3 is 2.62 bits per heavy atom. The average Bonchev–Trinajstić information content (AvgIpc) is 2.61. The molecule has 3 heterocycles. The highest BCUT2D eigenvalue weighted by Gasteiger charge is 2.38. The number of fused-ring (bicyclic) bond motifs is 1. The lowest BCUT2D eigenvalue weighted by Gasteiger charge is -2.49. The number of esters is 1. The summed E-state index contributed by atoms with van der Waals surface area (Å²) >= 11 is 0. The summed E-state index contributed by atoms with van der Waals surface area (Å²) in [6.07, 6.45) is 6.37. The molecule has 0 spiro atoms. The SMILES string of the molecule is C=C1[C@@H]2CC=C(C(=O)OC)N[C@@H]2CCN1C1CCN(C(C)C)CC1. The minimum atomic E-state index is -0.262. The molecule has 0 amide bonds. The Hall–Kier alpha value is -1.49. The monoisotopic (exact) mass is 333 g/mol. The van der Waals surface area contributed by atoms with Gasteiger partial charge in [-0.3, -0.25) is 0 Å². The van der Waals surface area contributed by atoms with Crippen molar-refractivity contribution >= 4 is 5.97 Å². The topological polar surface area (TPSA) is 44.8 Å². The Morgan fingerprint density at radius 1 is 1.29 bits per heavy atom. The van der Waals surface area contributed by atoms with E-state index in [-0.39, 0.29) is 5.97 Å². The van der Waals surface area contributed by atoms with E-state index in [2.05, 4.69) is 35.5 Å². The summed E-state index contributed by atoms with van der Waals surface area (Å²) in [4.78, 5) is 16.9. The van der Waals surface area contributed by atoms with Crippen molar-refractivity contribution in [2.45, 2.75) is 57.7 Å². The van der Waals surface area contributed by atoms with Gasteiger partial charge in [-0.25, -0.2) is 4.79 Å². The number of hydrogen-bond donors (Lipinski definition) is 1. The van der Waals surface area contributed by atoms with E-state index in [0.717, 1.165) is 19.4 Å². The van der Waals surface area contributed by atoms with E-state index in [1.54, 1.807) is 0 Å². The van der Waals surface area contributed by atoms with Crippen LogP contribution in [0.4, 0.5) is 0 Å². The molecule has 0 aliphatic carbocycles. The van der Waals surface area contributed by atoms with Crippen molar-refractivity contribution in [3.8, 4) is 0 Å². The first-order valence-electron chi connectivity index (χ1n) is 9.25. The fourth-order valence-electron chi connectivity index (χ4n) is 4.43. The fourth-order valence-corrected chi connectivity index (χ4v) is 4.43. The molecular formula is C19H31N3O2. The lowest BCUT2D eigenvalue weighted by Crippen LogP contribution is -2.54. The first kappa shape index (κ1) is 17.3. The van der Waals surface area contributed by atoms with Gasteiger partial charge in [-0.15, -0.1) is 0 Å². The van der Waals surface area contributed by atoms with E-state index >= 15 is 0 Å². The van der Waals surface area contributed by atoms with Gasteiger partial charge in [0.1, 0.15) is 5.70 Å². The molecule has 3 aliphatic heterocycles. The highest BCUT2D eigenvalue weighted by molar-refractivity contribution is 5.87. The number of rotatable bonds is 3. The third-order valence-corrected chi connectivity index (χ3v) is 5.96. The zero-order valence-corrected chi connectivity index (χ0v) is 15.3. The van der Waals surface area contributed by atoms with Crippen LogP contribution in [0.1, 0.15) is 39.5 Å². The quantitative estimate of drug-likeness (QED) is 0.802. The summed E-state index contributed by atoms with van der Waals surface area (Å²) in [5.74, 6) is 0.137. The van der Waals surface area contributed by atoms with Gasteiger partial charge in [0.25, 0.3) is 0 Å². The number of piperidine rings is 2. The summed E-state index contributed by atoms with van der Waals surface area (Å²) in [6.45, 7) is 12.4. The molecule has 0 aromatic rings. The van der Waals surface area contributed by atoms with Crippen LogP contribution in [0.2, 0.25) is 0 Å². The number of carbonyl (C=O) groups is 1. The third kappa shape index (κ3) is 3.32. The highest BCUT2D eigenvalue weighted by Crippen LogP contribution is 2.36. The van der Waals surface area contributed by atoms with Crippen molar-refractivity contribution in [2.24, 2.45) is 5.92 Å². The summed E-state index contributed by atoms with van der Waals surface area (Å²) in [6, 6.07) is 1.58. The second-order valence-corrected chi connectivity index (χ2v) is 7.54. The lowest BCUT2D eigenvalue weighted by atomic mass is 9.82. The Morgan fingerprint density at radius 2 is 2.00 bits per heavy atom. The Bertz CT molecular complexity index is 521. The molecule has 5 heteroatoms. The number of carbonyl (C=O) groups excluding carboxylic acids is 1. The van der Waals surface area contributed by atoms with Crippen molar-refractivity contribution in [3.63, 3.8) is 0 Å². The molecule has 0 saturated carbocycles. The Labute approximate surface area is 145 Å². The highest BCUT2D eigenvalue weighted by atomic mass is 16.5. The molecule has 3 aliphatic rings. The van der Waals surface area contributed by atoms with Crippen LogP contribution in [0, 0.1) is 5.92 Å². The van der Waals surface area contributed by atoms with Gasteiger partial charge in [0, 0.05) is 49.4 Å². The summed E-state index contributed by atoms with van der Waals surface area (Å²) in [7, 11) is 1.43. The average molecular weight is 333 g/mol. The molecule has 0 bridgehead atoms. The van der Waals surface area contributed by atoms with Crippen molar-refractivity contribution in [3.05, 3.63) is 24.0 Å². The zero-order valence-electron chi connectivity index (χ0n) is 15.3. The van der Waals surface area contributed by atoms with E-state index in [0.29, 0.717) is 29.7 Å². The molecule has 3 rings (SSSR count). The molecule has 134 valence electrons. The summed E-state index contributed by atoms with van der Waals surface area (Å²) < 4.78 is 4.83. The largest absolute Gasteiger partial charge is 0.464 e. The molecule has 0 aromatic heterocycles. The fraction of sp³-hybridized carbons (Fsp3) is 0.737. The van der Waals surface area contributed by atoms with E-state index in [1.165, 1.54) is 38.7 Å². The number of likely N-dealkylation sites (tertiary alicyclic amines) is 2. The molecule has 1 N–H and O–H groups in total. The number of hydrogen-bond acceptors (Lipinski definition) is 5. The minimum absolute atomic E-state index is 0.262. The van der Waals surface area contributed by atoms with Crippen LogP contribution in [0.15, 0.2) is 24.0 Å². The number of ether oxygens (including phenoxy) is 1. The van der Waals surface area contributed by atoms with Gasteiger partial charge >= 0.3 is 5.97 Å². The summed E-state index contributed by atoms with van der Waals surface area (Å²) in [5.41, 5.74) is 1.87. The van der Waals surface area contributed by atoms with Crippen molar-refractivity contribution in [1.82, 2.24) is 15.1 Å². The molecule has 2 atom stereocenters. The van der Waals surface area contributed by atoms with Crippen LogP contribution in [0.3, 0.4) is 0 Å². The van der Waals surface area contributed by atoms with Gasteiger partial charge in [-0.1, -0.05) is 12.7 Å². The number of nitrogens with one attached hydrogen (secondary N) is 1. The van der Waals surface area contributed by atoms with Crippen LogP contribution in [0.25, 0.3) is 0 Å². The predicted octanol–water partition coefficient (Wildman–Crippen LogP) is 2.11. The second-order valence-electron chi connectivity index (χ2n) is 7.54. The molecule has 5 nitrogen and oxygen atoms in total. The van der Waals surface area contributed by atoms with Crippen LogP contribution in [-0.2, 0) is 9.53 Å². The van der Waals surface area contributed by atoms with E-state index in [4.69, 9.17) is 4.74 Å². The number of methoxy groups -OCH3 is 1. The molecule has 2 saturated heterocycles. The molecular weight excluding hydrogens is 302 g/mol. The number of allylic oxidation sites excluding steroid dienone is 1. The number of nitrogens with zero attached hydrogens (tertiary/aromatic N) is 2. The Kier molecular flexibility index (Phi) is 5.18. The van der Waals surface area contributed by atoms with Crippen LogP contribution < -0.4 is 5.32 Å². The zero-order chi connectivity index (χ0) is 17.3. The van der Waals surface area contributed by atoms with E-state index in [1.807, 2.05) is 6.08 Å². The van der Waals surface area contributed by atoms with Crippen LogP contribution >= 0.6 is 0 Å². The van der Waals surface area contributed by atoms with Crippen LogP contribution in [0.5, 0.6) is 0 Å². The lowest BCUT2D eigenvalue weighted by molar-refractivity contribution is -0.136. The van der Waals surface area contributed by atoms with Gasteiger partial charge in [-0.2, -0.15) is 0 Å². The van der Waals surface area contributed by atoms with Crippen molar-refractivity contribution in [2.75, 3.05) is 26.7 Å². The van der Waals surface area contributed by atoms with Gasteiger partial charge < -0.3 is 19.9 Å². The maximum absolute atomic E-state index is 11.7. The maximum atomic E-state index is 11.7. The summed E-state index contributed by atoms with van der Waals surface area (Å²) in [5, 5.41) is 3.37. The standard InChI is InChI=1S/C19H31N3O2/c1-13(2)21-10-7-15(8-11-21)22-12-9-17-16(14(22)3)5-6-18(20-17)19(23)24-4/h6,13,15-17,20H,3,5,7-12H2,1-2,4H3/t16-,17+/m0/s1. The van der Waals surface area contributed by atoms with E-state index < -0.39 is 0 Å². The first-order valence-corrected chi connectivity index (χ1v) is 9.25. The third-order valence-electron chi connectivity index (χ3n) is 5.96. The van der Waals surface area contributed by atoms with E-state index in [9.17, 15) is 4.79 Å². The van der Waals surface area contributed by atoms with Gasteiger partial charge in [0.05, 0.1) is 7.11 Å². The normalized spacial score (nSPS) is 29.1.